The monoisotopic (exact) mass is 679 g/mol. The maximum absolute atomic E-state index is 14.0. The minimum absolute atomic E-state index is 0.121. The van der Waals surface area contributed by atoms with Gasteiger partial charge < -0.3 is 10.4 Å². The van der Waals surface area contributed by atoms with E-state index in [-0.39, 0.29) is 18.4 Å². The molecule has 0 radical (unpaired) electrons. The Morgan fingerprint density at radius 1 is 0.780 bits per heavy atom. The fourth-order valence-corrected chi connectivity index (χ4v) is 7.23. The highest BCUT2D eigenvalue weighted by atomic mass is 35.5. The highest BCUT2D eigenvalue weighted by Gasteiger charge is 2.26. The van der Waals surface area contributed by atoms with Crippen molar-refractivity contribution in [1.82, 2.24) is 4.90 Å². The lowest BCUT2D eigenvalue weighted by Crippen LogP contribution is -2.32. The summed E-state index contributed by atoms with van der Waals surface area (Å²) in [5, 5.41) is 18.4. The predicted octanol–water partition coefficient (Wildman–Crippen LogP) is 9.60. The molecule has 250 valence electrons. The van der Waals surface area contributed by atoms with Crippen molar-refractivity contribution >= 4 is 56.4 Å². The van der Waals surface area contributed by atoms with Crippen molar-refractivity contribution in [1.29, 1.82) is 0 Å². The molecule has 7 rings (SSSR count). The third-order valence-corrected chi connectivity index (χ3v) is 9.49. The van der Waals surface area contributed by atoms with Crippen LogP contribution in [0.25, 0.3) is 32.7 Å². The van der Waals surface area contributed by atoms with Crippen LogP contribution in [0, 0.1) is 5.92 Å². The number of aliphatic imine (C=N–C) groups is 1. The number of rotatable bonds is 9. The minimum Gasteiger partial charge on any atom is -0.480 e. The average molecular weight is 680 g/mol. The molecule has 0 aromatic heterocycles. The first-order chi connectivity index (χ1) is 24.2. The number of halogens is 1. The van der Waals surface area contributed by atoms with Gasteiger partial charge in [0.25, 0.3) is 0 Å². The quantitative estimate of drug-likeness (QED) is 0.149. The summed E-state index contributed by atoms with van der Waals surface area (Å²) < 4.78 is 0. The second-order valence-electron chi connectivity index (χ2n) is 13.4. The van der Waals surface area contributed by atoms with E-state index in [0.717, 1.165) is 5.56 Å². The Hall–Kier alpha value is -5.30. The minimum atomic E-state index is -0.998. The third kappa shape index (κ3) is 6.90. The van der Waals surface area contributed by atoms with Gasteiger partial charge in [-0.3, -0.25) is 14.7 Å². The van der Waals surface area contributed by atoms with Crippen molar-refractivity contribution in [2.45, 2.75) is 39.4 Å². The number of aliphatic carboxylic acids is 1. The number of carboxylic acid groups (broad SMARTS) is 1. The molecule has 7 heteroatoms. The van der Waals surface area contributed by atoms with Crippen LogP contribution in [0.15, 0.2) is 126 Å². The first kappa shape index (κ1) is 33.2. The molecule has 1 atom stereocenters. The standard InChI is InChI=1S/C43H38ClN3O3/c1-27(2)22-38(43(49)50)46-42(30-12-4-3-5-13-30)36-23-33(44)20-21-37(36)45-39(48)26-47-24-31-18-16-28-10-6-8-14-34(28)40(31)41-32(25-47)19-17-29-11-7-9-15-35(29)41/h3-21,23,27,38H,22,24-26H2,1-2H3,(H,45,48)(H,49,50)/t38-/m1/s1. The first-order valence-corrected chi connectivity index (χ1v) is 17.3. The van der Waals surface area contributed by atoms with E-state index in [1.54, 1.807) is 18.2 Å². The predicted molar refractivity (Wildman–Crippen MR) is 204 cm³/mol. The van der Waals surface area contributed by atoms with Crippen molar-refractivity contribution < 1.29 is 14.7 Å². The molecule has 0 aliphatic carbocycles. The molecule has 0 saturated heterocycles. The van der Waals surface area contributed by atoms with Crippen molar-refractivity contribution in [3.05, 3.63) is 149 Å². The molecule has 0 spiro atoms. The largest absolute Gasteiger partial charge is 0.480 e. The van der Waals surface area contributed by atoms with E-state index in [9.17, 15) is 14.7 Å². The van der Waals surface area contributed by atoms with Crippen LogP contribution < -0.4 is 5.32 Å². The summed E-state index contributed by atoms with van der Waals surface area (Å²) >= 11 is 6.53. The van der Waals surface area contributed by atoms with Crippen LogP contribution in [0.2, 0.25) is 5.02 Å². The summed E-state index contributed by atoms with van der Waals surface area (Å²) in [6, 6.07) is 39.4. The molecule has 0 bridgehead atoms. The summed E-state index contributed by atoms with van der Waals surface area (Å²) in [6.07, 6.45) is 0.371. The number of carbonyl (C=O) groups is 2. The maximum atomic E-state index is 14.0. The topological polar surface area (TPSA) is 82.0 Å². The van der Waals surface area contributed by atoms with Gasteiger partial charge >= 0.3 is 5.97 Å². The van der Waals surface area contributed by atoms with E-state index < -0.39 is 12.0 Å². The van der Waals surface area contributed by atoms with Gasteiger partial charge in [-0.05, 0) is 74.3 Å². The van der Waals surface area contributed by atoms with Crippen LogP contribution in [0.1, 0.15) is 42.5 Å². The fourth-order valence-electron chi connectivity index (χ4n) is 7.06. The third-order valence-electron chi connectivity index (χ3n) is 9.26. The molecule has 0 fully saturated rings. The number of carbonyl (C=O) groups excluding carboxylic acids is 1. The number of nitrogens with zero attached hydrogens (tertiary/aromatic N) is 2. The average Bonchev–Trinajstić information content (AvgIpc) is 3.27. The summed E-state index contributed by atoms with van der Waals surface area (Å²) in [7, 11) is 0. The maximum Gasteiger partial charge on any atom is 0.328 e. The molecule has 0 unspecified atom stereocenters. The zero-order chi connectivity index (χ0) is 34.8. The molecule has 1 aliphatic rings. The van der Waals surface area contributed by atoms with Crippen molar-refractivity contribution in [2.24, 2.45) is 10.9 Å². The van der Waals surface area contributed by atoms with Crippen LogP contribution in [0.5, 0.6) is 0 Å². The molecular formula is C43H38ClN3O3. The van der Waals surface area contributed by atoms with Gasteiger partial charge in [0.05, 0.1) is 17.9 Å². The molecular weight excluding hydrogens is 642 g/mol. The van der Waals surface area contributed by atoms with Crippen LogP contribution in [0.4, 0.5) is 5.69 Å². The Bertz CT molecular complexity index is 2180. The Labute approximate surface area is 297 Å². The molecule has 1 heterocycles. The lowest BCUT2D eigenvalue weighted by molar-refractivity contribution is -0.138. The van der Waals surface area contributed by atoms with E-state index in [1.807, 2.05) is 44.2 Å². The number of hydrogen-bond donors (Lipinski definition) is 2. The van der Waals surface area contributed by atoms with Gasteiger partial charge in [-0.25, -0.2) is 4.79 Å². The molecule has 1 amide bonds. The number of benzene rings is 6. The second kappa shape index (κ2) is 14.3. The van der Waals surface area contributed by atoms with Gasteiger partial charge in [-0.15, -0.1) is 0 Å². The SMILES string of the molecule is CC(C)C[C@@H](N=C(c1ccccc1)c1cc(Cl)ccc1NC(=O)CN1Cc2ccc3ccccc3c2-c2c(ccc3ccccc23)C1)C(=O)O. The van der Waals surface area contributed by atoms with Gasteiger partial charge in [0.1, 0.15) is 6.04 Å². The van der Waals surface area contributed by atoms with Crippen LogP contribution in [-0.4, -0.2) is 40.2 Å². The number of carboxylic acids is 1. The summed E-state index contributed by atoms with van der Waals surface area (Å²) in [6.45, 7) is 5.28. The molecule has 2 N–H and O–H groups in total. The Balaban J connectivity index is 1.25. The smallest absolute Gasteiger partial charge is 0.328 e. The van der Waals surface area contributed by atoms with Gasteiger partial charge in [-0.1, -0.05) is 129 Å². The van der Waals surface area contributed by atoms with Crippen molar-refractivity contribution in [3.63, 3.8) is 0 Å². The van der Waals surface area contributed by atoms with Gasteiger partial charge in [0.2, 0.25) is 5.91 Å². The fraction of sp³-hybridized carbons (Fsp3) is 0.186. The number of anilines is 1. The first-order valence-electron chi connectivity index (χ1n) is 16.9. The number of nitrogens with one attached hydrogen (secondary N) is 1. The molecule has 6 aromatic carbocycles. The number of fused-ring (bicyclic) bond motifs is 7. The molecule has 6 aromatic rings. The zero-order valence-corrected chi connectivity index (χ0v) is 28.8. The lowest BCUT2D eigenvalue weighted by atomic mass is 9.88. The van der Waals surface area contributed by atoms with Gasteiger partial charge in [0, 0.05) is 29.2 Å². The van der Waals surface area contributed by atoms with E-state index in [4.69, 9.17) is 16.6 Å². The Kier molecular flexibility index (Phi) is 9.48. The van der Waals surface area contributed by atoms with Crippen molar-refractivity contribution in [3.8, 4) is 11.1 Å². The van der Waals surface area contributed by atoms with E-state index in [1.165, 1.54) is 43.8 Å². The lowest BCUT2D eigenvalue weighted by Gasteiger charge is -2.22. The second-order valence-corrected chi connectivity index (χ2v) is 13.8. The van der Waals surface area contributed by atoms with Gasteiger partial charge in [-0.2, -0.15) is 0 Å². The van der Waals surface area contributed by atoms with E-state index in [0.29, 0.717) is 41.5 Å². The number of amides is 1. The number of hydrogen-bond acceptors (Lipinski definition) is 4. The molecule has 50 heavy (non-hydrogen) atoms. The highest BCUT2D eigenvalue weighted by Crippen LogP contribution is 2.42. The van der Waals surface area contributed by atoms with Crippen molar-refractivity contribution in [2.75, 3.05) is 11.9 Å². The highest BCUT2D eigenvalue weighted by molar-refractivity contribution is 6.31. The van der Waals surface area contributed by atoms with E-state index >= 15 is 0 Å². The zero-order valence-electron chi connectivity index (χ0n) is 28.1. The summed E-state index contributed by atoms with van der Waals surface area (Å²) in [5.74, 6) is -1.07. The normalized spacial score (nSPS) is 13.9. The van der Waals surface area contributed by atoms with Gasteiger partial charge in [0.15, 0.2) is 0 Å². The Morgan fingerprint density at radius 2 is 1.36 bits per heavy atom. The van der Waals surface area contributed by atoms with E-state index in [2.05, 4.69) is 83.0 Å². The van der Waals surface area contributed by atoms with Crippen LogP contribution in [0.3, 0.4) is 0 Å². The molecule has 1 aliphatic heterocycles. The Morgan fingerprint density at radius 3 is 1.94 bits per heavy atom. The van der Waals surface area contributed by atoms with Crippen LogP contribution >= 0.6 is 11.6 Å². The summed E-state index contributed by atoms with van der Waals surface area (Å²) in [5.41, 5.74) is 7.06. The van der Waals surface area contributed by atoms with Crippen LogP contribution in [-0.2, 0) is 22.7 Å². The summed E-state index contributed by atoms with van der Waals surface area (Å²) in [4.78, 5) is 33.3. The molecule has 6 nitrogen and oxygen atoms in total. The molecule has 0 saturated carbocycles.